The van der Waals surface area contributed by atoms with Gasteiger partial charge in [0.1, 0.15) is 6.04 Å². The summed E-state index contributed by atoms with van der Waals surface area (Å²) < 4.78 is 26.3. The predicted octanol–water partition coefficient (Wildman–Crippen LogP) is 4.06. The van der Waals surface area contributed by atoms with Gasteiger partial charge in [-0.15, -0.1) is 0 Å². The van der Waals surface area contributed by atoms with Crippen molar-refractivity contribution >= 4 is 39.1 Å². The molecule has 0 aromatic heterocycles. The van der Waals surface area contributed by atoms with Crippen LogP contribution in [0.15, 0.2) is 42.5 Å². The smallest absolute Gasteiger partial charge is 0.242 e. The van der Waals surface area contributed by atoms with Crippen LogP contribution >= 0.6 is 11.6 Å². The average Bonchev–Trinajstić information content (AvgIpc) is 2.75. The number of aryl methyl sites for hydroxylation is 2. The van der Waals surface area contributed by atoms with Crippen LogP contribution in [0.25, 0.3) is 0 Å². The Balaban J connectivity index is 2.23. The van der Waals surface area contributed by atoms with Gasteiger partial charge in [-0.1, -0.05) is 42.8 Å². The van der Waals surface area contributed by atoms with E-state index in [9.17, 15) is 18.0 Å². The summed E-state index contributed by atoms with van der Waals surface area (Å²) in [7, 11) is -2.00. The number of amides is 2. The predicted molar refractivity (Wildman–Crippen MR) is 137 cm³/mol. The van der Waals surface area contributed by atoms with Crippen LogP contribution < -0.4 is 9.62 Å². The van der Waals surface area contributed by atoms with E-state index in [2.05, 4.69) is 5.32 Å². The second-order valence-corrected chi connectivity index (χ2v) is 10.7. The van der Waals surface area contributed by atoms with Crippen LogP contribution in [0.4, 0.5) is 5.69 Å². The van der Waals surface area contributed by atoms with Gasteiger partial charge in [-0.3, -0.25) is 13.9 Å². The molecule has 0 bridgehead atoms. The van der Waals surface area contributed by atoms with Crippen molar-refractivity contribution in [2.45, 2.75) is 52.6 Å². The minimum atomic E-state index is -3.54. The Kier molecular flexibility index (Phi) is 9.94. The molecule has 0 heterocycles. The van der Waals surface area contributed by atoms with Gasteiger partial charge in [-0.2, -0.15) is 0 Å². The minimum absolute atomic E-state index is 0.0920. The zero-order valence-corrected chi connectivity index (χ0v) is 22.0. The Morgan fingerprint density at radius 2 is 1.71 bits per heavy atom. The highest BCUT2D eigenvalue weighted by Gasteiger charge is 2.28. The lowest BCUT2D eigenvalue weighted by molar-refractivity contribution is -0.141. The lowest BCUT2D eigenvalue weighted by Crippen LogP contribution is -2.48. The first-order valence-electron chi connectivity index (χ1n) is 11.3. The fraction of sp³-hybridized carbons (Fsp3) is 0.440. The number of anilines is 1. The van der Waals surface area contributed by atoms with Gasteiger partial charge >= 0.3 is 0 Å². The highest BCUT2D eigenvalue weighted by molar-refractivity contribution is 7.92. The van der Waals surface area contributed by atoms with E-state index in [-0.39, 0.29) is 31.3 Å². The van der Waals surface area contributed by atoms with Crippen LogP contribution in [0, 0.1) is 13.8 Å². The molecule has 2 aromatic carbocycles. The fourth-order valence-corrected chi connectivity index (χ4v) is 5.14. The first-order chi connectivity index (χ1) is 16.0. The molecule has 2 rings (SSSR count). The Morgan fingerprint density at radius 3 is 2.24 bits per heavy atom. The van der Waals surface area contributed by atoms with E-state index in [1.807, 2.05) is 51.1 Å². The molecule has 1 atom stereocenters. The number of nitrogens with zero attached hydrogens (tertiary/aromatic N) is 2. The number of nitrogens with one attached hydrogen (secondary N) is 1. The van der Waals surface area contributed by atoms with Crippen LogP contribution in [0.5, 0.6) is 0 Å². The number of likely N-dealkylation sites (N-methyl/N-ethyl adjacent to an activating group) is 1. The summed E-state index contributed by atoms with van der Waals surface area (Å²) in [6.07, 6.45) is 2.00. The Morgan fingerprint density at radius 1 is 1.09 bits per heavy atom. The van der Waals surface area contributed by atoms with Crippen molar-refractivity contribution in [3.63, 3.8) is 0 Å². The van der Waals surface area contributed by atoms with E-state index in [4.69, 9.17) is 11.6 Å². The first kappa shape index (κ1) is 27.7. The summed E-state index contributed by atoms with van der Waals surface area (Å²) in [6, 6.07) is 12.2. The third-order valence-electron chi connectivity index (χ3n) is 5.58. The van der Waals surface area contributed by atoms with E-state index < -0.39 is 16.1 Å². The number of halogens is 1. The summed E-state index contributed by atoms with van der Waals surface area (Å²) in [5, 5.41) is 3.14. The molecule has 34 heavy (non-hydrogen) atoms. The molecule has 0 fully saturated rings. The second kappa shape index (κ2) is 12.2. The van der Waals surface area contributed by atoms with Gasteiger partial charge in [0, 0.05) is 31.6 Å². The van der Waals surface area contributed by atoms with Crippen LogP contribution in [-0.4, -0.2) is 51.0 Å². The number of carbonyl (C=O) groups is 2. The summed E-state index contributed by atoms with van der Waals surface area (Å²) in [4.78, 5) is 27.3. The monoisotopic (exact) mass is 507 g/mol. The summed E-state index contributed by atoms with van der Waals surface area (Å²) in [5.74, 6) is -0.486. The zero-order valence-electron chi connectivity index (χ0n) is 20.5. The number of rotatable bonds is 11. The molecule has 0 spiro atoms. The lowest BCUT2D eigenvalue weighted by Gasteiger charge is -2.31. The maximum absolute atomic E-state index is 13.3. The van der Waals surface area contributed by atoms with Gasteiger partial charge < -0.3 is 10.2 Å². The van der Waals surface area contributed by atoms with Crippen LogP contribution in [-0.2, 0) is 26.2 Å². The van der Waals surface area contributed by atoms with Gasteiger partial charge in [0.25, 0.3) is 0 Å². The lowest BCUT2D eigenvalue weighted by atomic mass is 10.1. The van der Waals surface area contributed by atoms with Crippen molar-refractivity contribution in [3.05, 3.63) is 64.2 Å². The van der Waals surface area contributed by atoms with Gasteiger partial charge in [0.2, 0.25) is 21.8 Å². The van der Waals surface area contributed by atoms with E-state index >= 15 is 0 Å². The van der Waals surface area contributed by atoms with Crippen molar-refractivity contribution in [1.82, 2.24) is 10.2 Å². The zero-order chi connectivity index (χ0) is 25.5. The molecule has 1 N–H and O–H groups in total. The molecule has 7 nitrogen and oxygen atoms in total. The molecule has 2 aromatic rings. The van der Waals surface area contributed by atoms with E-state index in [1.54, 1.807) is 12.1 Å². The van der Waals surface area contributed by atoms with E-state index in [0.29, 0.717) is 23.6 Å². The fourth-order valence-electron chi connectivity index (χ4n) is 3.99. The van der Waals surface area contributed by atoms with Gasteiger partial charge in [0.05, 0.1) is 11.9 Å². The minimum Gasteiger partial charge on any atom is -0.357 e. The Labute approximate surface area is 208 Å². The quantitative estimate of drug-likeness (QED) is 0.497. The molecular weight excluding hydrogens is 474 g/mol. The van der Waals surface area contributed by atoms with Crippen LogP contribution in [0.3, 0.4) is 0 Å². The number of hydrogen-bond donors (Lipinski definition) is 1. The van der Waals surface area contributed by atoms with Crippen molar-refractivity contribution in [3.8, 4) is 0 Å². The molecular formula is C25H34ClN3O4S. The van der Waals surface area contributed by atoms with E-state index in [0.717, 1.165) is 22.9 Å². The number of carbonyl (C=O) groups excluding carboxylic acids is 2. The van der Waals surface area contributed by atoms with Crippen molar-refractivity contribution in [1.29, 1.82) is 0 Å². The number of benzene rings is 2. The van der Waals surface area contributed by atoms with Gasteiger partial charge in [-0.05, 0) is 61.6 Å². The summed E-state index contributed by atoms with van der Waals surface area (Å²) >= 11 is 6.31. The van der Waals surface area contributed by atoms with Gasteiger partial charge in [0.15, 0.2) is 0 Å². The molecule has 186 valence electrons. The molecule has 9 heteroatoms. The molecule has 0 saturated carbocycles. The molecule has 0 unspecified atom stereocenters. The Hall–Kier alpha value is -2.58. The molecule has 0 radical (unpaired) electrons. The van der Waals surface area contributed by atoms with Crippen LogP contribution in [0.2, 0.25) is 5.02 Å². The van der Waals surface area contributed by atoms with Gasteiger partial charge in [-0.25, -0.2) is 8.42 Å². The highest BCUT2D eigenvalue weighted by atomic mass is 35.5. The normalized spacial score (nSPS) is 12.2. The molecule has 0 aliphatic carbocycles. The standard InChI is InChI=1S/C25H34ClN3O4S/c1-6-23(25(31)27-4)28(17-20-10-7-8-11-22(20)26)24(30)12-9-13-29(34(5,32)33)21-15-18(2)14-19(3)16-21/h7-8,10-11,14-16,23H,6,9,12-13,17H2,1-5H3,(H,27,31)/t23-/m0/s1. The van der Waals surface area contributed by atoms with Crippen molar-refractivity contribution < 1.29 is 18.0 Å². The Bertz CT molecular complexity index is 1100. The largest absolute Gasteiger partial charge is 0.357 e. The summed E-state index contributed by atoms with van der Waals surface area (Å²) in [6.45, 7) is 6.02. The number of hydrogen-bond acceptors (Lipinski definition) is 4. The SMILES string of the molecule is CC[C@@H](C(=O)NC)N(Cc1ccccc1Cl)C(=O)CCCN(c1cc(C)cc(C)c1)S(C)(=O)=O. The summed E-state index contributed by atoms with van der Waals surface area (Å²) in [5.41, 5.74) is 3.24. The molecule has 0 saturated heterocycles. The third-order valence-corrected chi connectivity index (χ3v) is 7.14. The topological polar surface area (TPSA) is 86.8 Å². The van der Waals surface area contributed by atoms with Crippen LogP contribution in [0.1, 0.15) is 42.9 Å². The third kappa shape index (κ3) is 7.46. The van der Waals surface area contributed by atoms with Crippen molar-refractivity contribution in [2.75, 3.05) is 24.2 Å². The molecule has 2 amide bonds. The maximum Gasteiger partial charge on any atom is 0.242 e. The van der Waals surface area contributed by atoms with E-state index in [1.165, 1.54) is 16.3 Å². The van der Waals surface area contributed by atoms with Crippen molar-refractivity contribution in [2.24, 2.45) is 0 Å². The molecule has 0 aliphatic heterocycles. The number of sulfonamides is 1. The highest BCUT2D eigenvalue weighted by Crippen LogP contribution is 2.23. The first-order valence-corrected chi connectivity index (χ1v) is 13.5. The second-order valence-electron chi connectivity index (χ2n) is 8.44. The maximum atomic E-state index is 13.3. The molecule has 0 aliphatic rings. The average molecular weight is 508 g/mol.